The van der Waals surface area contributed by atoms with E-state index in [1.54, 1.807) is 0 Å². The molecule has 0 aliphatic heterocycles. The molecule has 0 N–H and O–H groups in total. The first-order valence-electron chi connectivity index (χ1n) is 10.7. The molecule has 2 heteroatoms. The molecule has 0 unspecified atom stereocenters. The lowest BCUT2D eigenvalue weighted by atomic mass is 10.2. The molecular formula is C23H44N2. The lowest BCUT2D eigenvalue weighted by Crippen LogP contribution is -2.27. The van der Waals surface area contributed by atoms with Gasteiger partial charge < -0.3 is 4.90 Å². The molecule has 1 aromatic carbocycles. The average Bonchev–Trinajstić information content (AvgIpc) is 2.67. The summed E-state index contributed by atoms with van der Waals surface area (Å²) in [5.41, 5.74) is 1.40. The zero-order valence-corrected chi connectivity index (χ0v) is 17.8. The van der Waals surface area contributed by atoms with Crippen molar-refractivity contribution in [3.8, 4) is 0 Å². The molecular weight excluding hydrogens is 304 g/mol. The maximum Gasteiger partial charge on any atom is 0.0233 e. The van der Waals surface area contributed by atoms with Crippen LogP contribution < -0.4 is 0 Å². The molecule has 0 aromatic heterocycles. The highest BCUT2D eigenvalue weighted by Crippen LogP contribution is 2.03. The first-order chi connectivity index (χ1) is 12.2. The predicted octanol–water partition coefficient (Wildman–Crippen LogP) is 6.22. The summed E-state index contributed by atoms with van der Waals surface area (Å²) in [4.78, 5) is 5.05. The maximum absolute atomic E-state index is 2.64. The highest BCUT2D eigenvalue weighted by molar-refractivity contribution is 5.14. The molecule has 25 heavy (non-hydrogen) atoms. The molecule has 146 valence electrons. The molecule has 2 nitrogen and oxygen atoms in total. The molecule has 1 aromatic rings. The number of unbranched alkanes of at least 4 members (excludes halogenated alkanes) is 3. The fraction of sp³-hybridized carbons (Fsp3) is 0.739. The van der Waals surface area contributed by atoms with Crippen LogP contribution in [0.4, 0.5) is 0 Å². The maximum atomic E-state index is 2.64. The summed E-state index contributed by atoms with van der Waals surface area (Å²) in [5.74, 6) is 0. The first kappa shape index (κ1) is 24.1. The minimum Gasteiger partial charge on any atom is -0.303 e. The Hall–Kier alpha value is -0.860. The molecule has 0 radical (unpaired) electrons. The smallest absolute Gasteiger partial charge is 0.0233 e. The van der Waals surface area contributed by atoms with E-state index >= 15 is 0 Å². The molecule has 0 aliphatic rings. The van der Waals surface area contributed by atoms with Crippen molar-refractivity contribution in [1.82, 2.24) is 9.80 Å². The van der Waals surface area contributed by atoms with E-state index in [0.29, 0.717) is 0 Å². The molecule has 0 saturated carbocycles. The highest BCUT2D eigenvalue weighted by atomic mass is 15.1. The third-order valence-electron chi connectivity index (χ3n) is 4.63. The van der Waals surface area contributed by atoms with E-state index in [0.717, 1.165) is 19.6 Å². The van der Waals surface area contributed by atoms with Crippen molar-refractivity contribution < 1.29 is 0 Å². The second-order valence-corrected chi connectivity index (χ2v) is 6.85. The van der Waals surface area contributed by atoms with Gasteiger partial charge in [0, 0.05) is 6.54 Å². The fourth-order valence-corrected chi connectivity index (χ4v) is 2.77. The van der Waals surface area contributed by atoms with Crippen LogP contribution >= 0.6 is 0 Å². The van der Waals surface area contributed by atoms with Crippen molar-refractivity contribution in [2.75, 3.05) is 32.7 Å². The standard InChI is InChI=1S/C12H27N.C11H17N/c1-4-7-10-13(11-8-5-2)12-9-6-3;1-3-12(4-2)10-11-8-6-5-7-9-11/h4-12H2,1-3H3;5-9H,3-4,10H2,1-2H3. The third kappa shape index (κ3) is 14.0. The van der Waals surface area contributed by atoms with Crippen LogP contribution in [-0.2, 0) is 6.54 Å². The first-order valence-corrected chi connectivity index (χ1v) is 10.7. The van der Waals surface area contributed by atoms with Crippen molar-refractivity contribution in [3.05, 3.63) is 35.9 Å². The number of hydrogen-bond donors (Lipinski definition) is 0. The Labute approximate surface area is 158 Å². The number of benzene rings is 1. The van der Waals surface area contributed by atoms with E-state index in [-0.39, 0.29) is 0 Å². The van der Waals surface area contributed by atoms with Crippen molar-refractivity contribution in [2.24, 2.45) is 0 Å². The lowest BCUT2D eigenvalue weighted by Gasteiger charge is -2.21. The van der Waals surface area contributed by atoms with E-state index in [2.05, 4.69) is 74.8 Å². The normalized spacial score (nSPS) is 10.8. The van der Waals surface area contributed by atoms with Crippen LogP contribution in [0.5, 0.6) is 0 Å². The van der Waals surface area contributed by atoms with Gasteiger partial charge in [-0.15, -0.1) is 0 Å². The van der Waals surface area contributed by atoms with Gasteiger partial charge in [-0.3, -0.25) is 4.90 Å². The number of rotatable bonds is 13. The Balaban J connectivity index is 0.000000462. The Morgan fingerprint density at radius 3 is 1.40 bits per heavy atom. The summed E-state index contributed by atoms with van der Waals surface area (Å²) in [6.07, 6.45) is 8.09. The van der Waals surface area contributed by atoms with Crippen LogP contribution in [0.25, 0.3) is 0 Å². The molecule has 0 fully saturated rings. The summed E-state index contributed by atoms with van der Waals surface area (Å²) in [5, 5.41) is 0. The van der Waals surface area contributed by atoms with Gasteiger partial charge in [0.25, 0.3) is 0 Å². The van der Waals surface area contributed by atoms with Gasteiger partial charge in [-0.25, -0.2) is 0 Å². The molecule has 0 heterocycles. The Bertz CT molecular complexity index is 341. The monoisotopic (exact) mass is 348 g/mol. The van der Waals surface area contributed by atoms with Crippen LogP contribution in [-0.4, -0.2) is 42.5 Å². The lowest BCUT2D eigenvalue weighted by molar-refractivity contribution is 0.261. The minimum absolute atomic E-state index is 1.08. The topological polar surface area (TPSA) is 6.48 Å². The summed E-state index contributed by atoms with van der Waals surface area (Å²) >= 11 is 0. The fourth-order valence-electron chi connectivity index (χ4n) is 2.77. The average molecular weight is 349 g/mol. The summed E-state index contributed by atoms with van der Waals surface area (Å²) in [6, 6.07) is 10.6. The Kier molecular flexibility index (Phi) is 17.3. The molecule has 0 amide bonds. The number of nitrogens with zero attached hydrogens (tertiary/aromatic N) is 2. The second-order valence-electron chi connectivity index (χ2n) is 6.85. The van der Waals surface area contributed by atoms with E-state index in [4.69, 9.17) is 0 Å². The van der Waals surface area contributed by atoms with E-state index in [1.807, 2.05) is 0 Å². The summed E-state index contributed by atoms with van der Waals surface area (Å²) in [6.45, 7) is 18.5. The predicted molar refractivity (Wildman–Crippen MR) is 114 cm³/mol. The zero-order chi connectivity index (χ0) is 18.8. The molecule has 0 aliphatic carbocycles. The van der Waals surface area contributed by atoms with E-state index in [1.165, 1.54) is 63.7 Å². The summed E-state index contributed by atoms with van der Waals surface area (Å²) < 4.78 is 0. The van der Waals surface area contributed by atoms with Gasteiger partial charge in [-0.1, -0.05) is 84.2 Å². The largest absolute Gasteiger partial charge is 0.303 e. The van der Waals surface area contributed by atoms with Crippen LogP contribution in [0.15, 0.2) is 30.3 Å². The minimum atomic E-state index is 1.08. The van der Waals surface area contributed by atoms with Gasteiger partial charge in [-0.05, 0) is 57.5 Å². The van der Waals surface area contributed by atoms with E-state index < -0.39 is 0 Å². The zero-order valence-electron chi connectivity index (χ0n) is 17.8. The third-order valence-corrected chi connectivity index (χ3v) is 4.63. The van der Waals surface area contributed by atoms with Crippen molar-refractivity contribution in [3.63, 3.8) is 0 Å². The van der Waals surface area contributed by atoms with Gasteiger partial charge >= 0.3 is 0 Å². The number of hydrogen-bond acceptors (Lipinski definition) is 2. The highest BCUT2D eigenvalue weighted by Gasteiger charge is 2.02. The summed E-state index contributed by atoms with van der Waals surface area (Å²) in [7, 11) is 0. The van der Waals surface area contributed by atoms with Crippen LogP contribution in [0, 0.1) is 0 Å². The van der Waals surface area contributed by atoms with Crippen LogP contribution in [0.1, 0.15) is 78.7 Å². The Morgan fingerprint density at radius 1 is 0.600 bits per heavy atom. The molecule has 0 bridgehead atoms. The van der Waals surface area contributed by atoms with Gasteiger partial charge in [0.2, 0.25) is 0 Å². The second kappa shape index (κ2) is 17.9. The molecule has 0 spiro atoms. The molecule has 1 rings (SSSR count). The van der Waals surface area contributed by atoms with E-state index in [9.17, 15) is 0 Å². The van der Waals surface area contributed by atoms with Crippen molar-refractivity contribution in [2.45, 2.75) is 79.7 Å². The quantitative estimate of drug-likeness (QED) is 0.417. The van der Waals surface area contributed by atoms with Gasteiger partial charge in [-0.2, -0.15) is 0 Å². The van der Waals surface area contributed by atoms with Crippen LogP contribution in [0.2, 0.25) is 0 Å². The van der Waals surface area contributed by atoms with Gasteiger partial charge in [0.1, 0.15) is 0 Å². The SMILES string of the molecule is CCCCN(CCCC)CCCC.CCN(CC)Cc1ccccc1. The van der Waals surface area contributed by atoms with Crippen LogP contribution in [0.3, 0.4) is 0 Å². The molecule has 0 saturated heterocycles. The van der Waals surface area contributed by atoms with Crippen molar-refractivity contribution in [1.29, 1.82) is 0 Å². The van der Waals surface area contributed by atoms with Crippen molar-refractivity contribution >= 4 is 0 Å². The Morgan fingerprint density at radius 2 is 1.04 bits per heavy atom. The van der Waals surface area contributed by atoms with Gasteiger partial charge in [0.15, 0.2) is 0 Å². The molecule has 0 atom stereocenters. The van der Waals surface area contributed by atoms with Gasteiger partial charge in [0.05, 0.1) is 0 Å².